The summed E-state index contributed by atoms with van der Waals surface area (Å²) in [6.45, 7) is 1.70. The van der Waals surface area contributed by atoms with Crippen molar-refractivity contribution in [2.75, 3.05) is 31.4 Å². The third kappa shape index (κ3) is 4.58. The minimum Gasteiger partial charge on any atom is -0.479 e. The van der Waals surface area contributed by atoms with Gasteiger partial charge in [0.05, 0.1) is 12.8 Å². The normalized spacial score (nSPS) is 10.7. The van der Waals surface area contributed by atoms with Crippen molar-refractivity contribution in [1.82, 2.24) is 24.7 Å². The Labute approximate surface area is 213 Å². The molecular weight excluding hydrogens is 482 g/mol. The van der Waals surface area contributed by atoms with Crippen molar-refractivity contribution in [1.29, 1.82) is 0 Å². The molecule has 5 aromatic rings. The second-order valence-corrected chi connectivity index (χ2v) is 8.06. The fourth-order valence-corrected chi connectivity index (χ4v) is 3.69. The smallest absolute Gasteiger partial charge is 0.261 e. The van der Waals surface area contributed by atoms with Crippen LogP contribution in [0.4, 0.5) is 11.6 Å². The van der Waals surface area contributed by atoms with Crippen LogP contribution in [0.5, 0.6) is 5.88 Å². The van der Waals surface area contributed by atoms with E-state index < -0.39 is 0 Å². The molecule has 0 bridgehead atoms. The fraction of sp³-hybridized carbons (Fsp3) is 0.160. The largest absolute Gasteiger partial charge is 0.479 e. The molecule has 11 heteroatoms. The van der Waals surface area contributed by atoms with E-state index in [2.05, 4.69) is 25.5 Å². The monoisotopic (exact) mass is 505 g/mol. The van der Waals surface area contributed by atoms with Gasteiger partial charge in [0.2, 0.25) is 11.8 Å². The van der Waals surface area contributed by atoms with E-state index in [1.165, 1.54) is 7.11 Å². The molecule has 1 N–H and O–H groups in total. The Morgan fingerprint density at radius 3 is 2.56 bits per heavy atom. The number of carbonyl (C=O) groups excluding carboxylic acids is 1. The number of benzene rings is 1. The number of rotatable bonds is 6. The highest BCUT2D eigenvalue weighted by molar-refractivity contribution is 6.09. The number of aromatic nitrogens is 5. The molecule has 1 aromatic carbocycles. The molecule has 4 aromatic heterocycles. The molecule has 4 heterocycles. The highest BCUT2D eigenvalue weighted by Crippen LogP contribution is 2.30. The van der Waals surface area contributed by atoms with Gasteiger partial charge >= 0.3 is 0 Å². The van der Waals surface area contributed by atoms with E-state index in [-0.39, 0.29) is 24.2 Å². The van der Waals surface area contributed by atoms with Crippen LogP contribution >= 0.6 is 12.4 Å². The molecule has 0 fully saturated rings. The predicted octanol–water partition coefficient (Wildman–Crippen LogP) is 4.50. The Hall–Kier alpha value is -4.44. The van der Waals surface area contributed by atoms with Crippen LogP contribution in [0.3, 0.4) is 0 Å². The number of anilines is 2. The maximum atomic E-state index is 13.2. The molecule has 10 nitrogen and oxygen atoms in total. The second-order valence-electron chi connectivity index (χ2n) is 8.06. The number of halogens is 1. The first-order chi connectivity index (χ1) is 16.9. The molecule has 36 heavy (non-hydrogen) atoms. The molecule has 1 amide bonds. The number of pyridine rings is 2. The molecule has 0 radical (unpaired) electrons. The lowest BCUT2D eigenvalue weighted by Gasteiger charge is -2.11. The number of amides is 1. The van der Waals surface area contributed by atoms with Gasteiger partial charge in [-0.1, -0.05) is 35.5 Å². The van der Waals surface area contributed by atoms with E-state index in [0.29, 0.717) is 40.0 Å². The van der Waals surface area contributed by atoms with Gasteiger partial charge in [-0.3, -0.25) is 4.79 Å². The van der Waals surface area contributed by atoms with Crippen LogP contribution in [0.1, 0.15) is 16.1 Å². The maximum absolute atomic E-state index is 13.2. The zero-order valence-electron chi connectivity index (χ0n) is 20.1. The molecule has 0 aliphatic carbocycles. The number of nitrogens with one attached hydrogen (secondary N) is 1. The lowest BCUT2D eigenvalue weighted by atomic mass is 10.1. The third-order valence-electron chi connectivity index (χ3n) is 5.46. The standard InChI is InChI=1S/C25H23N7O3.ClH/c1-15-21(22(30-35-15)16-8-6-5-7-9-16)23(33)26-19-11-10-18(27-24(19)34-4)17-12-13-32-20(14-17)28-25(29-32)31(2)3;/h5-14H,1-4H3,(H,26,33);1H. The fourth-order valence-electron chi connectivity index (χ4n) is 3.69. The highest BCUT2D eigenvalue weighted by Gasteiger charge is 2.23. The van der Waals surface area contributed by atoms with Crippen molar-refractivity contribution >= 4 is 35.6 Å². The Morgan fingerprint density at radius 2 is 1.83 bits per heavy atom. The summed E-state index contributed by atoms with van der Waals surface area (Å²) in [7, 11) is 5.28. The van der Waals surface area contributed by atoms with Crippen LogP contribution in [-0.2, 0) is 0 Å². The molecule has 0 saturated heterocycles. The Morgan fingerprint density at radius 1 is 1.06 bits per heavy atom. The minimum atomic E-state index is -0.364. The molecule has 0 unspecified atom stereocenters. The molecule has 184 valence electrons. The third-order valence-corrected chi connectivity index (χ3v) is 5.46. The van der Waals surface area contributed by atoms with Crippen LogP contribution in [-0.4, -0.2) is 51.9 Å². The van der Waals surface area contributed by atoms with Gasteiger partial charge in [0.15, 0.2) is 5.65 Å². The molecule has 0 saturated carbocycles. The van der Waals surface area contributed by atoms with Crippen molar-refractivity contribution in [3.05, 3.63) is 72.1 Å². The zero-order chi connectivity index (χ0) is 24.5. The van der Waals surface area contributed by atoms with E-state index in [0.717, 1.165) is 11.1 Å². The van der Waals surface area contributed by atoms with E-state index in [1.807, 2.05) is 73.7 Å². The summed E-state index contributed by atoms with van der Waals surface area (Å²) < 4.78 is 12.5. The van der Waals surface area contributed by atoms with E-state index >= 15 is 0 Å². The first-order valence-corrected chi connectivity index (χ1v) is 10.9. The van der Waals surface area contributed by atoms with Crippen molar-refractivity contribution in [2.45, 2.75) is 6.92 Å². The van der Waals surface area contributed by atoms with Crippen LogP contribution in [0.25, 0.3) is 28.2 Å². The maximum Gasteiger partial charge on any atom is 0.261 e. The number of ether oxygens (including phenoxy) is 1. The average molecular weight is 506 g/mol. The minimum absolute atomic E-state index is 0. The number of hydrogen-bond acceptors (Lipinski definition) is 8. The molecule has 0 spiro atoms. The van der Waals surface area contributed by atoms with Gasteiger partial charge in [0.1, 0.15) is 22.7 Å². The zero-order valence-corrected chi connectivity index (χ0v) is 20.9. The summed E-state index contributed by atoms with van der Waals surface area (Å²) in [5.41, 5.74) is 4.26. The summed E-state index contributed by atoms with van der Waals surface area (Å²) >= 11 is 0. The van der Waals surface area contributed by atoms with Crippen molar-refractivity contribution in [2.24, 2.45) is 0 Å². The predicted molar refractivity (Wildman–Crippen MR) is 139 cm³/mol. The van der Waals surface area contributed by atoms with E-state index in [1.54, 1.807) is 17.5 Å². The number of aryl methyl sites for hydroxylation is 1. The summed E-state index contributed by atoms with van der Waals surface area (Å²) in [6, 6.07) is 16.8. The van der Waals surface area contributed by atoms with Gasteiger partial charge in [-0.05, 0) is 31.2 Å². The lowest BCUT2D eigenvalue weighted by molar-refractivity contribution is 0.102. The summed E-state index contributed by atoms with van der Waals surface area (Å²) in [4.78, 5) is 24.2. The Balaban J connectivity index is 0.00000304. The van der Waals surface area contributed by atoms with E-state index in [4.69, 9.17) is 9.26 Å². The Bertz CT molecular complexity index is 1530. The van der Waals surface area contributed by atoms with Gasteiger partial charge < -0.3 is 19.5 Å². The van der Waals surface area contributed by atoms with Crippen LogP contribution < -0.4 is 15.0 Å². The Kier molecular flexibility index (Phi) is 6.89. The van der Waals surface area contributed by atoms with Crippen molar-refractivity contribution < 1.29 is 14.1 Å². The lowest BCUT2D eigenvalue weighted by Crippen LogP contribution is -2.14. The second kappa shape index (κ2) is 10.0. The van der Waals surface area contributed by atoms with Crippen LogP contribution in [0.15, 0.2) is 65.3 Å². The van der Waals surface area contributed by atoms with Gasteiger partial charge in [-0.2, -0.15) is 4.98 Å². The number of hydrogen-bond donors (Lipinski definition) is 1. The number of methoxy groups -OCH3 is 1. The molecule has 0 aliphatic heterocycles. The molecule has 5 rings (SSSR count). The molecule has 0 atom stereocenters. The van der Waals surface area contributed by atoms with Gasteiger partial charge in [-0.15, -0.1) is 17.5 Å². The van der Waals surface area contributed by atoms with Crippen molar-refractivity contribution in [3.63, 3.8) is 0 Å². The number of carbonyl (C=O) groups is 1. The summed E-state index contributed by atoms with van der Waals surface area (Å²) in [6.07, 6.45) is 1.83. The van der Waals surface area contributed by atoms with Gasteiger partial charge in [-0.25, -0.2) is 9.50 Å². The van der Waals surface area contributed by atoms with Gasteiger partial charge in [0.25, 0.3) is 5.91 Å². The molecule has 0 aliphatic rings. The topological polar surface area (TPSA) is 111 Å². The van der Waals surface area contributed by atoms with Crippen molar-refractivity contribution in [3.8, 4) is 28.4 Å². The summed E-state index contributed by atoms with van der Waals surface area (Å²) in [5, 5.41) is 11.4. The first-order valence-electron chi connectivity index (χ1n) is 10.9. The molecular formula is C25H24ClN7O3. The van der Waals surface area contributed by atoms with Crippen LogP contribution in [0, 0.1) is 6.92 Å². The number of fused-ring (bicyclic) bond motifs is 1. The quantitative estimate of drug-likeness (QED) is 0.359. The van der Waals surface area contributed by atoms with Crippen LogP contribution in [0.2, 0.25) is 0 Å². The highest BCUT2D eigenvalue weighted by atomic mass is 35.5. The number of nitrogens with zero attached hydrogens (tertiary/aromatic N) is 6. The van der Waals surface area contributed by atoms with Gasteiger partial charge in [0, 0.05) is 31.4 Å². The average Bonchev–Trinajstić information content (AvgIpc) is 3.48. The SMILES string of the molecule is COc1nc(-c2ccn3nc(N(C)C)nc3c2)ccc1NC(=O)c1c(-c2ccccc2)noc1C.Cl. The first kappa shape index (κ1) is 24.7. The summed E-state index contributed by atoms with van der Waals surface area (Å²) in [5.74, 6) is 0.950. The van der Waals surface area contributed by atoms with E-state index in [9.17, 15) is 4.79 Å².